The first-order chi connectivity index (χ1) is 8.47. The first-order valence-electron chi connectivity index (χ1n) is 4.70. The number of nitro groups is 1. The van der Waals surface area contributed by atoms with Gasteiger partial charge in [0, 0.05) is 4.88 Å². The van der Waals surface area contributed by atoms with Gasteiger partial charge in [-0.15, -0.1) is 11.3 Å². The number of aromatic nitrogens is 2. The molecule has 0 aliphatic rings. The number of thiophene rings is 1. The average molecular weight is 288 g/mol. The molecule has 2 heterocycles. The molecule has 1 N–H and O–H groups in total. The molecular formula is C9H6ClN3O4S. The Morgan fingerprint density at radius 1 is 1.44 bits per heavy atom. The zero-order chi connectivity index (χ0) is 13.3. The SMILES string of the molecule is O=c1[nH]c(=O)n(Cc2ccc(Cl)s2)cc1[N+](=O)[O-]. The summed E-state index contributed by atoms with van der Waals surface area (Å²) >= 11 is 6.99. The van der Waals surface area contributed by atoms with E-state index < -0.39 is 21.9 Å². The number of rotatable bonds is 3. The highest BCUT2D eigenvalue weighted by Gasteiger charge is 2.15. The molecular weight excluding hydrogens is 282 g/mol. The minimum atomic E-state index is -1.01. The molecule has 0 saturated carbocycles. The van der Waals surface area contributed by atoms with Gasteiger partial charge in [-0.3, -0.25) is 24.5 Å². The lowest BCUT2D eigenvalue weighted by Gasteiger charge is -2.01. The van der Waals surface area contributed by atoms with Crippen molar-refractivity contribution >= 4 is 28.6 Å². The maximum Gasteiger partial charge on any atom is 0.350 e. The van der Waals surface area contributed by atoms with Crippen molar-refractivity contribution in [2.75, 3.05) is 0 Å². The van der Waals surface area contributed by atoms with Crippen molar-refractivity contribution in [2.24, 2.45) is 0 Å². The smallest absolute Gasteiger partial charge is 0.288 e. The van der Waals surface area contributed by atoms with Gasteiger partial charge in [0.2, 0.25) is 0 Å². The van der Waals surface area contributed by atoms with Crippen molar-refractivity contribution in [3.63, 3.8) is 0 Å². The highest BCUT2D eigenvalue weighted by molar-refractivity contribution is 7.16. The third kappa shape index (κ3) is 2.49. The third-order valence-corrected chi connectivity index (χ3v) is 3.36. The summed E-state index contributed by atoms with van der Waals surface area (Å²) in [7, 11) is 0. The second-order valence-corrected chi connectivity index (χ2v) is 5.16. The summed E-state index contributed by atoms with van der Waals surface area (Å²) in [4.78, 5) is 35.1. The van der Waals surface area contributed by atoms with Gasteiger partial charge in [0.15, 0.2) is 0 Å². The van der Waals surface area contributed by atoms with Crippen LogP contribution in [0.25, 0.3) is 0 Å². The fourth-order valence-corrected chi connectivity index (χ4v) is 2.44. The lowest BCUT2D eigenvalue weighted by atomic mass is 10.4. The van der Waals surface area contributed by atoms with E-state index in [1.807, 2.05) is 4.98 Å². The van der Waals surface area contributed by atoms with Crippen molar-refractivity contribution < 1.29 is 4.92 Å². The molecule has 0 bridgehead atoms. The fourth-order valence-electron chi connectivity index (χ4n) is 1.35. The Hall–Kier alpha value is -1.93. The fraction of sp³-hybridized carbons (Fsp3) is 0.111. The predicted octanol–water partition coefficient (Wildman–Crippen LogP) is 1.21. The maximum absolute atomic E-state index is 11.5. The van der Waals surface area contributed by atoms with E-state index in [9.17, 15) is 19.7 Å². The number of hydrogen-bond acceptors (Lipinski definition) is 5. The van der Waals surface area contributed by atoms with E-state index in [2.05, 4.69) is 0 Å². The summed E-state index contributed by atoms with van der Waals surface area (Å²) in [5, 5.41) is 10.6. The van der Waals surface area contributed by atoms with Crippen molar-refractivity contribution in [2.45, 2.75) is 6.54 Å². The summed E-state index contributed by atoms with van der Waals surface area (Å²) in [5.74, 6) is 0. The van der Waals surface area contributed by atoms with Gasteiger partial charge in [0.1, 0.15) is 0 Å². The summed E-state index contributed by atoms with van der Waals surface area (Å²) in [6, 6.07) is 3.36. The standard InChI is InChI=1S/C9H6ClN3O4S/c10-7-2-1-5(18-7)3-12-4-6(13(16)17)8(14)11-9(12)15/h1-2,4H,3H2,(H,11,14,15). The topological polar surface area (TPSA) is 98.0 Å². The number of halogens is 1. The van der Waals surface area contributed by atoms with E-state index in [0.717, 1.165) is 15.6 Å². The second-order valence-electron chi connectivity index (χ2n) is 3.36. The summed E-state index contributed by atoms with van der Waals surface area (Å²) in [6.07, 6.45) is 0.925. The molecule has 0 fully saturated rings. The van der Waals surface area contributed by atoms with Crippen LogP contribution in [-0.4, -0.2) is 14.5 Å². The molecule has 0 aromatic carbocycles. The van der Waals surface area contributed by atoms with E-state index in [4.69, 9.17) is 11.6 Å². The molecule has 0 aliphatic heterocycles. The van der Waals surface area contributed by atoms with Crippen LogP contribution in [0.3, 0.4) is 0 Å². The van der Waals surface area contributed by atoms with Gasteiger partial charge >= 0.3 is 16.9 Å². The zero-order valence-electron chi connectivity index (χ0n) is 8.75. The Labute approximate surface area is 108 Å². The quantitative estimate of drug-likeness (QED) is 0.677. The van der Waals surface area contributed by atoms with Gasteiger partial charge in [0.25, 0.3) is 0 Å². The van der Waals surface area contributed by atoms with Crippen molar-refractivity contribution in [3.05, 3.63) is 58.5 Å². The van der Waals surface area contributed by atoms with Crippen LogP contribution in [0.15, 0.2) is 27.9 Å². The van der Waals surface area contributed by atoms with Gasteiger partial charge < -0.3 is 0 Å². The highest BCUT2D eigenvalue weighted by Crippen LogP contribution is 2.21. The number of nitrogens with one attached hydrogen (secondary N) is 1. The summed E-state index contributed by atoms with van der Waals surface area (Å²) in [6.45, 7) is 0.119. The van der Waals surface area contributed by atoms with Gasteiger partial charge in [-0.1, -0.05) is 11.6 Å². The number of nitrogens with zero attached hydrogens (tertiary/aromatic N) is 2. The Morgan fingerprint density at radius 3 is 2.72 bits per heavy atom. The summed E-state index contributed by atoms with van der Waals surface area (Å²) in [5.41, 5.74) is -2.38. The minimum Gasteiger partial charge on any atom is -0.288 e. The van der Waals surface area contributed by atoms with E-state index in [-0.39, 0.29) is 6.54 Å². The Balaban J connectivity index is 2.45. The lowest BCUT2D eigenvalue weighted by Crippen LogP contribution is -2.30. The molecule has 7 nitrogen and oxygen atoms in total. The number of hydrogen-bond donors (Lipinski definition) is 1. The molecule has 0 saturated heterocycles. The van der Waals surface area contributed by atoms with Crippen LogP contribution in [0.5, 0.6) is 0 Å². The molecule has 2 rings (SSSR count). The maximum atomic E-state index is 11.5. The van der Waals surface area contributed by atoms with Crippen LogP contribution in [0.4, 0.5) is 5.69 Å². The number of aromatic amines is 1. The third-order valence-electron chi connectivity index (χ3n) is 2.14. The first-order valence-corrected chi connectivity index (χ1v) is 5.89. The van der Waals surface area contributed by atoms with Crippen molar-refractivity contribution in [3.8, 4) is 0 Å². The summed E-state index contributed by atoms with van der Waals surface area (Å²) < 4.78 is 1.61. The van der Waals surface area contributed by atoms with Crippen LogP contribution < -0.4 is 11.2 Å². The van der Waals surface area contributed by atoms with E-state index in [0.29, 0.717) is 4.34 Å². The Bertz CT molecular complexity index is 717. The zero-order valence-corrected chi connectivity index (χ0v) is 10.3. The Morgan fingerprint density at radius 2 is 2.17 bits per heavy atom. The van der Waals surface area contributed by atoms with E-state index >= 15 is 0 Å². The van der Waals surface area contributed by atoms with Gasteiger partial charge in [-0.2, -0.15) is 0 Å². The molecule has 94 valence electrons. The van der Waals surface area contributed by atoms with Gasteiger partial charge in [-0.25, -0.2) is 4.79 Å². The van der Waals surface area contributed by atoms with Crippen LogP contribution in [-0.2, 0) is 6.54 Å². The van der Waals surface area contributed by atoms with E-state index in [1.165, 1.54) is 11.3 Å². The molecule has 2 aromatic heterocycles. The largest absolute Gasteiger partial charge is 0.350 e. The van der Waals surface area contributed by atoms with Crippen LogP contribution in [0, 0.1) is 10.1 Å². The van der Waals surface area contributed by atoms with Crippen LogP contribution in [0.2, 0.25) is 4.34 Å². The Kier molecular flexibility index (Phi) is 3.30. The molecule has 18 heavy (non-hydrogen) atoms. The van der Waals surface area contributed by atoms with Gasteiger partial charge in [0.05, 0.1) is 22.0 Å². The molecule has 0 unspecified atom stereocenters. The average Bonchev–Trinajstić information content (AvgIpc) is 2.67. The van der Waals surface area contributed by atoms with Crippen LogP contribution >= 0.6 is 22.9 Å². The predicted molar refractivity (Wildman–Crippen MR) is 66.4 cm³/mol. The van der Waals surface area contributed by atoms with Crippen molar-refractivity contribution in [1.82, 2.24) is 9.55 Å². The molecule has 0 atom stereocenters. The van der Waals surface area contributed by atoms with Crippen molar-refractivity contribution in [1.29, 1.82) is 0 Å². The molecule has 0 radical (unpaired) electrons. The monoisotopic (exact) mass is 287 g/mol. The van der Waals surface area contributed by atoms with Crippen LogP contribution in [0.1, 0.15) is 4.88 Å². The molecule has 0 spiro atoms. The first kappa shape index (κ1) is 12.5. The minimum absolute atomic E-state index is 0.119. The second kappa shape index (κ2) is 4.75. The van der Waals surface area contributed by atoms with E-state index in [1.54, 1.807) is 12.1 Å². The molecule has 9 heteroatoms. The molecule has 0 aliphatic carbocycles. The lowest BCUT2D eigenvalue weighted by molar-refractivity contribution is -0.386. The number of H-pyrrole nitrogens is 1. The molecule has 0 amide bonds. The molecule has 2 aromatic rings. The normalized spacial score (nSPS) is 10.5. The van der Waals surface area contributed by atoms with Gasteiger partial charge in [-0.05, 0) is 12.1 Å². The highest BCUT2D eigenvalue weighted by atomic mass is 35.5.